The Labute approximate surface area is 183 Å². The first-order chi connectivity index (χ1) is 15.1. The van der Waals surface area contributed by atoms with Gasteiger partial charge in [0.05, 0.1) is 30.1 Å². The highest BCUT2D eigenvalue weighted by Crippen LogP contribution is 2.35. The van der Waals surface area contributed by atoms with E-state index in [1.165, 1.54) is 29.1 Å². The third kappa shape index (κ3) is 4.58. The van der Waals surface area contributed by atoms with Crippen molar-refractivity contribution in [3.05, 3.63) is 77.3 Å². The molecular weight excluding hydrogens is 390 g/mol. The number of anilines is 2. The third-order valence-corrected chi connectivity index (χ3v) is 6.24. The first-order valence-electron chi connectivity index (χ1n) is 10.8. The van der Waals surface area contributed by atoms with Crippen molar-refractivity contribution < 1.29 is 14.6 Å². The fourth-order valence-corrected chi connectivity index (χ4v) is 4.26. The number of hydrogen-bond donors (Lipinski definition) is 2. The van der Waals surface area contributed by atoms with Crippen LogP contribution in [-0.2, 0) is 11.2 Å². The van der Waals surface area contributed by atoms with Crippen LogP contribution in [0.15, 0.2) is 66.2 Å². The number of carboxylic acids is 1. The summed E-state index contributed by atoms with van der Waals surface area (Å²) in [5.74, 6) is 0.372. The Balaban J connectivity index is 1.44. The molecule has 1 aromatic heterocycles. The van der Waals surface area contributed by atoms with Gasteiger partial charge >= 0.3 is 5.97 Å². The molecule has 1 aromatic carbocycles. The van der Waals surface area contributed by atoms with Gasteiger partial charge in [0.25, 0.3) is 0 Å². The first kappa shape index (κ1) is 21.0. The molecule has 2 aliphatic rings. The van der Waals surface area contributed by atoms with Gasteiger partial charge in [0.15, 0.2) is 0 Å². The lowest BCUT2D eigenvalue weighted by Gasteiger charge is -2.36. The number of nitrogens with one attached hydrogen (secondary N) is 1. The lowest BCUT2D eigenvalue weighted by Crippen LogP contribution is -2.34. The number of allylic oxidation sites excluding steroid dienone is 1. The maximum Gasteiger partial charge on any atom is 0.337 e. The van der Waals surface area contributed by atoms with Crippen molar-refractivity contribution >= 4 is 17.3 Å². The number of hydrogen-bond acceptors (Lipinski definition) is 5. The van der Waals surface area contributed by atoms with Gasteiger partial charge in [-0.05, 0) is 42.2 Å². The normalized spacial score (nSPS) is 20.1. The van der Waals surface area contributed by atoms with Gasteiger partial charge in [-0.15, -0.1) is 0 Å². The molecule has 162 valence electrons. The van der Waals surface area contributed by atoms with Gasteiger partial charge < -0.3 is 20.1 Å². The van der Waals surface area contributed by atoms with Gasteiger partial charge in [0.2, 0.25) is 0 Å². The molecule has 2 heterocycles. The molecule has 0 fully saturated rings. The van der Waals surface area contributed by atoms with Crippen molar-refractivity contribution in [1.82, 2.24) is 4.98 Å². The van der Waals surface area contributed by atoms with E-state index in [4.69, 9.17) is 4.74 Å². The van der Waals surface area contributed by atoms with Crippen LogP contribution in [0.3, 0.4) is 0 Å². The van der Waals surface area contributed by atoms with Gasteiger partial charge in [0.1, 0.15) is 5.76 Å². The highest BCUT2D eigenvalue weighted by atomic mass is 16.5. The standard InChI is InChI=1S/C25H29N3O3/c1-3-17-4-6-19(7-5-17)28(2)20-8-9-21-18(11-13-31-24(21)14-20)15-27-23-16-26-12-10-22(23)25(29)30/h4-10,12,16,18,20,27H,3,11,13-15H2,1-2H3,(H,29,30)/t18-,20?/m0/s1. The van der Waals surface area contributed by atoms with Crippen LogP contribution in [-0.4, -0.2) is 42.3 Å². The smallest absolute Gasteiger partial charge is 0.337 e. The largest absolute Gasteiger partial charge is 0.498 e. The van der Waals surface area contributed by atoms with E-state index >= 15 is 0 Å². The highest BCUT2D eigenvalue weighted by Gasteiger charge is 2.29. The first-order valence-corrected chi connectivity index (χ1v) is 10.8. The Morgan fingerprint density at radius 1 is 1.29 bits per heavy atom. The Kier molecular flexibility index (Phi) is 6.26. The van der Waals surface area contributed by atoms with Crippen molar-refractivity contribution in [3.63, 3.8) is 0 Å². The molecule has 2 N–H and O–H groups in total. The van der Waals surface area contributed by atoms with Gasteiger partial charge in [-0.25, -0.2) is 4.79 Å². The molecule has 31 heavy (non-hydrogen) atoms. The van der Waals surface area contributed by atoms with E-state index in [9.17, 15) is 9.90 Å². The number of carbonyl (C=O) groups is 1. The average Bonchev–Trinajstić information content (AvgIpc) is 2.82. The summed E-state index contributed by atoms with van der Waals surface area (Å²) in [5, 5.41) is 12.7. The minimum Gasteiger partial charge on any atom is -0.498 e. The fraction of sp³-hybridized carbons (Fsp3) is 0.360. The lowest BCUT2D eigenvalue weighted by molar-refractivity contribution is 0.0697. The average molecular weight is 420 g/mol. The molecule has 6 heteroatoms. The Hall–Kier alpha value is -3.28. The lowest BCUT2D eigenvalue weighted by atomic mass is 9.86. The van der Waals surface area contributed by atoms with Crippen LogP contribution in [0.4, 0.5) is 11.4 Å². The van der Waals surface area contributed by atoms with Crippen LogP contribution in [0, 0.1) is 5.92 Å². The maximum absolute atomic E-state index is 11.4. The van der Waals surface area contributed by atoms with E-state index in [0.717, 1.165) is 25.0 Å². The summed E-state index contributed by atoms with van der Waals surface area (Å²) >= 11 is 0. The van der Waals surface area contributed by atoms with Crippen LogP contribution in [0.5, 0.6) is 0 Å². The summed E-state index contributed by atoms with van der Waals surface area (Å²) in [6, 6.07) is 10.5. The van der Waals surface area contributed by atoms with Crippen molar-refractivity contribution in [2.75, 3.05) is 30.4 Å². The predicted molar refractivity (Wildman–Crippen MR) is 123 cm³/mol. The van der Waals surface area contributed by atoms with E-state index < -0.39 is 5.97 Å². The van der Waals surface area contributed by atoms with Gasteiger partial charge in [-0.3, -0.25) is 4.98 Å². The Morgan fingerprint density at radius 2 is 2.10 bits per heavy atom. The summed E-state index contributed by atoms with van der Waals surface area (Å²) in [7, 11) is 2.12. The molecule has 0 saturated carbocycles. The summed E-state index contributed by atoms with van der Waals surface area (Å²) in [5.41, 5.74) is 4.54. The third-order valence-electron chi connectivity index (χ3n) is 6.24. The number of aromatic nitrogens is 1. The monoisotopic (exact) mass is 419 g/mol. The van der Waals surface area contributed by atoms with E-state index in [1.807, 2.05) is 0 Å². The number of pyridine rings is 1. The van der Waals surface area contributed by atoms with Crippen molar-refractivity contribution in [1.29, 1.82) is 0 Å². The van der Waals surface area contributed by atoms with Crippen LogP contribution in [0.2, 0.25) is 0 Å². The molecule has 0 amide bonds. The molecule has 2 aromatic rings. The number of likely N-dealkylation sites (N-methyl/N-ethyl adjacent to an activating group) is 1. The molecule has 0 bridgehead atoms. The zero-order valence-corrected chi connectivity index (χ0v) is 18.0. The van der Waals surface area contributed by atoms with E-state index in [2.05, 4.69) is 65.6 Å². The molecule has 0 spiro atoms. The summed E-state index contributed by atoms with van der Waals surface area (Å²) < 4.78 is 6.05. The quantitative estimate of drug-likeness (QED) is 0.688. The number of benzene rings is 1. The number of carboxylic acid groups (broad SMARTS) is 1. The summed E-state index contributed by atoms with van der Waals surface area (Å²) in [6.07, 6.45) is 10.3. The van der Waals surface area contributed by atoms with E-state index in [1.54, 1.807) is 6.20 Å². The van der Waals surface area contributed by atoms with Crippen molar-refractivity contribution in [3.8, 4) is 0 Å². The molecule has 6 nitrogen and oxygen atoms in total. The molecule has 1 unspecified atom stereocenters. The van der Waals surface area contributed by atoms with Crippen LogP contribution in [0.1, 0.15) is 35.7 Å². The molecule has 2 atom stereocenters. The molecule has 1 aliphatic carbocycles. The summed E-state index contributed by atoms with van der Waals surface area (Å²) in [4.78, 5) is 17.8. The second kappa shape index (κ2) is 9.25. The topological polar surface area (TPSA) is 74.7 Å². The van der Waals surface area contributed by atoms with Gasteiger partial charge in [-0.1, -0.05) is 31.2 Å². The Bertz CT molecular complexity index is 997. The van der Waals surface area contributed by atoms with Gasteiger partial charge in [-0.2, -0.15) is 0 Å². The number of aromatic carboxylic acids is 1. The fourth-order valence-electron chi connectivity index (χ4n) is 4.26. The molecule has 0 radical (unpaired) electrons. The van der Waals surface area contributed by atoms with E-state index in [-0.39, 0.29) is 17.5 Å². The Morgan fingerprint density at radius 3 is 2.84 bits per heavy atom. The number of aryl methyl sites for hydroxylation is 1. The second-order valence-electron chi connectivity index (χ2n) is 8.08. The number of ether oxygens (including phenoxy) is 1. The van der Waals surface area contributed by atoms with Crippen molar-refractivity contribution in [2.45, 2.75) is 32.2 Å². The molecule has 1 aliphatic heterocycles. The summed E-state index contributed by atoms with van der Waals surface area (Å²) in [6.45, 7) is 3.50. The zero-order valence-electron chi connectivity index (χ0n) is 18.0. The molecule has 4 rings (SSSR count). The van der Waals surface area contributed by atoms with Crippen LogP contribution < -0.4 is 10.2 Å². The maximum atomic E-state index is 11.4. The number of nitrogens with zero attached hydrogens (tertiary/aromatic N) is 2. The second-order valence-corrected chi connectivity index (χ2v) is 8.08. The zero-order chi connectivity index (χ0) is 21.8. The molecule has 0 saturated heterocycles. The minimum atomic E-state index is -0.952. The van der Waals surface area contributed by atoms with Gasteiger partial charge in [0, 0.05) is 37.8 Å². The minimum absolute atomic E-state index is 0.242. The predicted octanol–water partition coefficient (Wildman–Crippen LogP) is 4.51. The van der Waals surface area contributed by atoms with Crippen LogP contribution in [0.25, 0.3) is 0 Å². The van der Waals surface area contributed by atoms with Crippen LogP contribution >= 0.6 is 0 Å². The molecular formula is C25H29N3O3. The SMILES string of the molecule is CCc1ccc(N(C)C2C=CC3=C(C2)OCC[C@H]3CNc2cnccc2C(=O)O)cc1. The van der Waals surface area contributed by atoms with E-state index in [0.29, 0.717) is 18.8 Å². The van der Waals surface area contributed by atoms with Crippen molar-refractivity contribution in [2.24, 2.45) is 5.92 Å². The number of rotatable bonds is 7. The highest BCUT2D eigenvalue weighted by molar-refractivity contribution is 5.93.